The van der Waals surface area contributed by atoms with Crippen molar-refractivity contribution in [1.29, 1.82) is 0 Å². The number of halogens is 1. The number of ether oxygens (including phenoxy) is 2. The summed E-state index contributed by atoms with van der Waals surface area (Å²) in [7, 11) is -2.37. The Morgan fingerprint density at radius 2 is 1.86 bits per heavy atom. The molecular weight excluding hydrogens is 768 g/mol. The monoisotopic (exact) mass is 818 g/mol. The third-order valence-corrected chi connectivity index (χ3v) is 13.6. The molecule has 2 saturated carbocycles. The first-order chi connectivity index (χ1) is 27.5. The number of amides is 4. The highest BCUT2D eigenvalue weighted by atomic mass is 32.2. The number of piperidine rings is 1. The fourth-order valence-electron chi connectivity index (χ4n) is 8.04. The van der Waals surface area contributed by atoms with Crippen LogP contribution in [-0.4, -0.2) is 108 Å². The third-order valence-electron chi connectivity index (χ3n) is 11.7. The molecule has 2 unspecified atom stereocenters. The van der Waals surface area contributed by atoms with Crippen LogP contribution >= 0.6 is 0 Å². The van der Waals surface area contributed by atoms with Gasteiger partial charge in [0.05, 0.1) is 48.3 Å². The van der Waals surface area contributed by atoms with Crippen LogP contribution in [0.5, 0.6) is 11.5 Å². The molecule has 2 saturated heterocycles. The molecule has 6 atom stereocenters. The number of nitrogens with one attached hydrogen (secondary N) is 2. The first-order valence-corrected chi connectivity index (χ1v) is 21.4. The molecule has 310 valence electrons. The quantitative estimate of drug-likeness (QED) is 0.236. The predicted octanol–water partition coefficient (Wildman–Crippen LogP) is 4.34. The number of nitrogens with zero attached hydrogens (tertiary/aromatic N) is 4. The van der Waals surface area contributed by atoms with E-state index in [2.05, 4.69) is 21.6 Å². The van der Waals surface area contributed by atoms with Gasteiger partial charge in [0.25, 0.3) is 5.91 Å². The van der Waals surface area contributed by atoms with Crippen LogP contribution in [0, 0.1) is 17.3 Å². The number of sulfonamides is 1. The molecule has 7 rings (SSSR count). The molecule has 2 aromatic heterocycles. The predicted molar refractivity (Wildman–Crippen MR) is 214 cm³/mol. The molecule has 0 spiro atoms. The molecule has 0 radical (unpaired) electrons. The SMILES string of the molecule is C=CC1C[C@]1(NC(=O)[C@@H]1C[C@@H](Oc2cc(-c3ccccn3)nc3cc(OC)ccc23)CN1C(=O)[C@@H](CC(=O)N1CCCC(F)C1)C(C)(C)C)C(=O)NS(=O)(=O)C1CC1. The van der Waals surface area contributed by atoms with Gasteiger partial charge in [0.1, 0.15) is 35.4 Å². The normalized spacial score (nSPS) is 25.1. The second-order valence-electron chi connectivity index (χ2n) is 17.0. The molecule has 4 fully saturated rings. The van der Waals surface area contributed by atoms with E-state index in [1.807, 2.05) is 39.0 Å². The molecule has 58 heavy (non-hydrogen) atoms. The molecule has 4 amide bonds. The maximum absolute atomic E-state index is 14.9. The highest BCUT2D eigenvalue weighted by Crippen LogP contribution is 2.46. The zero-order valence-electron chi connectivity index (χ0n) is 33.3. The Kier molecular flexibility index (Phi) is 11.3. The van der Waals surface area contributed by atoms with Crippen molar-refractivity contribution >= 4 is 44.6 Å². The largest absolute Gasteiger partial charge is 0.497 e. The Morgan fingerprint density at radius 1 is 1.09 bits per heavy atom. The summed E-state index contributed by atoms with van der Waals surface area (Å²) >= 11 is 0. The highest BCUT2D eigenvalue weighted by molar-refractivity contribution is 7.91. The van der Waals surface area contributed by atoms with Crippen molar-refractivity contribution in [3.63, 3.8) is 0 Å². The molecule has 0 bridgehead atoms. The highest BCUT2D eigenvalue weighted by Gasteiger charge is 2.62. The second-order valence-corrected chi connectivity index (χ2v) is 18.9. The molecule has 2 N–H and O–H groups in total. The zero-order chi connectivity index (χ0) is 41.6. The van der Waals surface area contributed by atoms with Gasteiger partial charge in [-0.2, -0.15) is 0 Å². The van der Waals surface area contributed by atoms with Crippen LogP contribution in [0.2, 0.25) is 0 Å². The van der Waals surface area contributed by atoms with Gasteiger partial charge in [-0.3, -0.25) is 28.9 Å². The fourth-order valence-corrected chi connectivity index (χ4v) is 9.40. The van der Waals surface area contributed by atoms with Gasteiger partial charge in [-0.15, -0.1) is 6.58 Å². The van der Waals surface area contributed by atoms with Crippen LogP contribution in [0.3, 0.4) is 0 Å². The summed E-state index contributed by atoms with van der Waals surface area (Å²) in [5.41, 5.74) is -0.650. The maximum atomic E-state index is 14.9. The van der Waals surface area contributed by atoms with E-state index < -0.39 is 74.1 Å². The van der Waals surface area contributed by atoms with Gasteiger partial charge in [0.2, 0.25) is 27.7 Å². The lowest BCUT2D eigenvalue weighted by molar-refractivity contribution is -0.149. The van der Waals surface area contributed by atoms with Crippen molar-refractivity contribution in [1.82, 2.24) is 29.8 Å². The number of pyridine rings is 2. The number of carbonyl (C=O) groups excluding carboxylic acids is 4. The molecule has 14 nitrogen and oxygen atoms in total. The Bertz CT molecular complexity index is 2210. The Balaban J connectivity index is 1.21. The van der Waals surface area contributed by atoms with Crippen molar-refractivity contribution in [2.75, 3.05) is 26.7 Å². The Morgan fingerprint density at radius 3 is 2.50 bits per heavy atom. The summed E-state index contributed by atoms with van der Waals surface area (Å²) in [6.45, 7) is 9.62. The van der Waals surface area contributed by atoms with Crippen molar-refractivity contribution in [2.45, 2.75) is 94.8 Å². The Labute approximate surface area is 338 Å². The van der Waals surface area contributed by atoms with Gasteiger partial charge in [-0.25, -0.2) is 17.8 Å². The van der Waals surface area contributed by atoms with Crippen LogP contribution in [0.15, 0.2) is 61.3 Å². The summed E-state index contributed by atoms with van der Waals surface area (Å²) < 4.78 is 54.3. The third kappa shape index (κ3) is 8.52. The van der Waals surface area contributed by atoms with Gasteiger partial charge in [0, 0.05) is 49.0 Å². The fraction of sp³-hybridized carbons (Fsp3) is 0.524. The summed E-state index contributed by atoms with van der Waals surface area (Å²) in [5.74, 6) is -2.78. The van der Waals surface area contributed by atoms with E-state index in [1.54, 1.807) is 37.6 Å². The second kappa shape index (κ2) is 15.9. The standard InChI is InChI=1S/C42H51FN6O8S/c1-6-25-22-42(25,40(53)47-58(54,55)29-13-14-29)46-38(51)35-19-28(24-49(35)39(52)31(41(2,3)4)20-37(50)48-17-9-10-26(43)23-48)57-36-21-34(32-11-7-8-16-44-32)45-33-18-27(56-5)12-15-30(33)36/h6-8,11-12,15-16,18,21,25-26,28-29,31,35H,1,9-10,13-14,17,19-20,22-24H2,2-5H3,(H,46,51)(H,47,53)/t25?,26?,28-,31-,35+,42-/m1/s1. The Hall–Kier alpha value is -5.12. The lowest BCUT2D eigenvalue weighted by Crippen LogP contribution is -2.57. The van der Waals surface area contributed by atoms with Gasteiger partial charge in [-0.1, -0.05) is 32.9 Å². The number of benzene rings is 1. The number of methoxy groups -OCH3 is 1. The number of carbonyl (C=O) groups is 4. The summed E-state index contributed by atoms with van der Waals surface area (Å²) in [6.07, 6.45) is 3.00. The average molecular weight is 819 g/mol. The summed E-state index contributed by atoms with van der Waals surface area (Å²) in [4.78, 5) is 68.8. The van der Waals surface area contributed by atoms with Crippen molar-refractivity contribution < 1.29 is 41.5 Å². The number of aromatic nitrogens is 2. The number of hydrogen-bond acceptors (Lipinski definition) is 10. The van der Waals surface area contributed by atoms with E-state index in [1.165, 1.54) is 15.9 Å². The molecule has 16 heteroatoms. The van der Waals surface area contributed by atoms with Gasteiger partial charge in [0.15, 0.2) is 0 Å². The zero-order valence-corrected chi connectivity index (χ0v) is 34.1. The van der Waals surface area contributed by atoms with Gasteiger partial charge >= 0.3 is 0 Å². The lowest BCUT2D eigenvalue weighted by Gasteiger charge is -2.37. The van der Waals surface area contributed by atoms with Crippen LogP contribution in [0.25, 0.3) is 22.3 Å². The molecule has 4 aliphatic rings. The smallest absolute Gasteiger partial charge is 0.259 e. The molecule has 2 aliphatic carbocycles. The molecule has 3 aromatic rings. The maximum Gasteiger partial charge on any atom is 0.259 e. The molecule has 1 aromatic carbocycles. The minimum atomic E-state index is -3.93. The number of alkyl halides is 1. The average Bonchev–Trinajstić information content (AvgIpc) is 4.13. The van der Waals surface area contributed by atoms with Gasteiger partial charge in [-0.05, 0) is 61.8 Å². The number of rotatable bonds is 13. The van der Waals surface area contributed by atoms with E-state index >= 15 is 0 Å². The number of hydrogen-bond donors (Lipinski definition) is 2. The minimum Gasteiger partial charge on any atom is -0.497 e. The van der Waals surface area contributed by atoms with Crippen LogP contribution in [-0.2, 0) is 29.2 Å². The van der Waals surface area contributed by atoms with E-state index in [0.29, 0.717) is 66.0 Å². The topological polar surface area (TPSA) is 177 Å². The van der Waals surface area contributed by atoms with Crippen LogP contribution in [0.4, 0.5) is 4.39 Å². The summed E-state index contributed by atoms with van der Waals surface area (Å²) in [5, 5.41) is 2.81. The van der Waals surface area contributed by atoms with Gasteiger partial charge < -0.3 is 24.6 Å². The van der Waals surface area contributed by atoms with Crippen molar-refractivity contribution in [3.05, 3.63) is 61.3 Å². The first-order valence-electron chi connectivity index (χ1n) is 19.8. The number of fused-ring (bicyclic) bond motifs is 1. The van der Waals surface area contributed by atoms with Crippen molar-refractivity contribution in [2.24, 2.45) is 17.3 Å². The molecular formula is C42H51FN6O8S. The number of likely N-dealkylation sites (tertiary alicyclic amines) is 2. The van der Waals surface area contributed by atoms with E-state index in [0.717, 1.165) is 0 Å². The summed E-state index contributed by atoms with van der Waals surface area (Å²) in [6, 6.07) is 11.4. The van der Waals surface area contributed by atoms with Crippen LogP contribution in [0.1, 0.15) is 65.7 Å². The van der Waals surface area contributed by atoms with Crippen LogP contribution < -0.4 is 19.5 Å². The lowest BCUT2D eigenvalue weighted by atomic mass is 9.77. The van der Waals surface area contributed by atoms with E-state index in [9.17, 15) is 32.0 Å². The van der Waals surface area contributed by atoms with E-state index in [-0.39, 0.29) is 38.3 Å². The first kappa shape index (κ1) is 41.1. The van der Waals surface area contributed by atoms with E-state index in [4.69, 9.17) is 14.5 Å². The molecule has 4 heterocycles. The minimum absolute atomic E-state index is 0.00770. The van der Waals surface area contributed by atoms with Crippen molar-refractivity contribution in [3.8, 4) is 22.9 Å². The molecule has 2 aliphatic heterocycles.